The fourth-order valence-electron chi connectivity index (χ4n) is 4.49. The molecule has 0 fully saturated rings. The summed E-state index contributed by atoms with van der Waals surface area (Å²) in [5.74, 6) is 0. The Bertz CT molecular complexity index is 876. The molecule has 2 aromatic carbocycles. The molecule has 0 unspecified atom stereocenters. The van der Waals surface area contributed by atoms with Crippen LogP contribution < -0.4 is 0 Å². The first-order valence-electron chi connectivity index (χ1n) is 8.17. The van der Waals surface area contributed by atoms with Crippen LogP contribution in [0.1, 0.15) is 29.3 Å². The Labute approximate surface area is 130 Å². The highest BCUT2D eigenvalue weighted by Gasteiger charge is 2.43. The van der Waals surface area contributed by atoms with Crippen molar-refractivity contribution in [2.45, 2.75) is 31.8 Å². The minimum Gasteiger partial charge on any atom is -0.357 e. The zero-order valence-corrected chi connectivity index (χ0v) is 12.9. The van der Waals surface area contributed by atoms with E-state index >= 15 is 0 Å². The molecule has 2 aliphatic rings. The van der Waals surface area contributed by atoms with E-state index in [1.165, 1.54) is 33.3 Å². The molecule has 110 valence electrons. The summed E-state index contributed by atoms with van der Waals surface area (Å²) in [6.07, 6.45) is 2.25. The molecule has 1 N–H and O–H groups in total. The van der Waals surface area contributed by atoms with Crippen molar-refractivity contribution in [3.8, 4) is 0 Å². The van der Waals surface area contributed by atoms with E-state index < -0.39 is 0 Å². The van der Waals surface area contributed by atoms with Crippen molar-refractivity contribution >= 4 is 10.9 Å². The zero-order valence-electron chi connectivity index (χ0n) is 12.9. The minimum atomic E-state index is 0.0982. The van der Waals surface area contributed by atoms with Crippen LogP contribution in [0.5, 0.6) is 0 Å². The third-order valence-electron chi connectivity index (χ3n) is 5.70. The number of aromatic amines is 1. The summed E-state index contributed by atoms with van der Waals surface area (Å²) in [5.41, 5.74) is 7.37. The van der Waals surface area contributed by atoms with Gasteiger partial charge in [0.25, 0.3) is 0 Å². The summed E-state index contributed by atoms with van der Waals surface area (Å²) >= 11 is 0. The monoisotopic (exact) mass is 288 g/mol. The molecular weight excluding hydrogens is 268 g/mol. The van der Waals surface area contributed by atoms with Gasteiger partial charge in [-0.15, -0.1) is 0 Å². The molecule has 2 aliphatic heterocycles. The summed E-state index contributed by atoms with van der Waals surface area (Å²) in [6, 6.07) is 17.7. The van der Waals surface area contributed by atoms with E-state index in [0.717, 1.165) is 25.9 Å². The Hall–Kier alpha value is -2.06. The maximum Gasteiger partial charge on any atom is 0.0629 e. The second kappa shape index (κ2) is 4.23. The van der Waals surface area contributed by atoms with Gasteiger partial charge in [-0.2, -0.15) is 0 Å². The number of nitrogens with zero attached hydrogens (tertiary/aromatic N) is 1. The normalized spacial score (nSPS) is 23.9. The van der Waals surface area contributed by atoms with Crippen LogP contribution in [-0.4, -0.2) is 16.4 Å². The number of hydrogen-bond donors (Lipinski definition) is 1. The van der Waals surface area contributed by atoms with E-state index in [9.17, 15) is 0 Å². The van der Waals surface area contributed by atoms with Crippen LogP contribution in [0.25, 0.3) is 10.9 Å². The van der Waals surface area contributed by atoms with Crippen molar-refractivity contribution in [1.82, 2.24) is 9.88 Å². The molecule has 0 amide bonds. The second-order valence-corrected chi connectivity index (χ2v) is 6.92. The lowest BCUT2D eigenvalue weighted by Gasteiger charge is -2.48. The standard InChI is InChI=1S/C20H20N2/c1-20-12-14-6-2-3-7-15(14)13-22(20)11-10-17-16-8-4-5-9-18(16)21-19(17)20/h2-9,21H,10-13H2,1H3/t20-/m0/s1. The summed E-state index contributed by atoms with van der Waals surface area (Å²) in [7, 11) is 0. The van der Waals surface area contributed by atoms with Gasteiger partial charge in [0, 0.05) is 29.7 Å². The van der Waals surface area contributed by atoms with Crippen LogP contribution in [0, 0.1) is 0 Å². The Morgan fingerprint density at radius 3 is 2.68 bits per heavy atom. The van der Waals surface area contributed by atoms with Crippen molar-refractivity contribution in [3.05, 3.63) is 70.9 Å². The van der Waals surface area contributed by atoms with Gasteiger partial charge in [-0.3, -0.25) is 4.90 Å². The Morgan fingerprint density at radius 2 is 1.77 bits per heavy atom. The first kappa shape index (κ1) is 12.5. The van der Waals surface area contributed by atoms with Crippen molar-refractivity contribution in [1.29, 1.82) is 0 Å². The minimum absolute atomic E-state index is 0.0982. The molecule has 0 bridgehead atoms. The molecule has 0 radical (unpaired) electrons. The Morgan fingerprint density at radius 1 is 1.00 bits per heavy atom. The van der Waals surface area contributed by atoms with Gasteiger partial charge in [0.05, 0.1) is 5.54 Å². The molecule has 2 nitrogen and oxygen atoms in total. The van der Waals surface area contributed by atoms with E-state index in [1.807, 2.05) is 0 Å². The molecule has 3 heterocycles. The molecule has 5 rings (SSSR count). The third-order valence-corrected chi connectivity index (χ3v) is 5.70. The van der Waals surface area contributed by atoms with Crippen LogP contribution in [0.15, 0.2) is 48.5 Å². The van der Waals surface area contributed by atoms with Gasteiger partial charge in [-0.05, 0) is 42.5 Å². The summed E-state index contributed by atoms with van der Waals surface area (Å²) in [5, 5.41) is 1.41. The highest BCUT2D eigenvalue weighted by Crippen LogP contribution is 2.44. The van der Waals surface area contributed by atoms with Crippen molar-refractivity contribution < 1.29 is 0 Å². The van der Waals surface area contributed by atoms with Crippen molar-refractivity contribution in [3.63, 3.8) is 0 Å². The number of nitrogens with one attached hydrogen (secondary N) is 1. The molecule has 22 heavy (non-hydrogen) atoms. The molecule has 0 spiro atoms. The topological polar surface area (TPSA) is 19.0 Å². The predicted octanol–water partition coefficient (Wildman–Crippen LogP) is 4.00. The van der Waals surface area contributed by atoms with Gasteiger partial charge in [0.1, 0.15) is 0 Å². The smallest absolute Gasteiger partial charge is 0.0629 e. The Kier molecular flexibility index (Phi) is 2.40. The van der Waals surface area contributed by atoms with E-state index in [1.54, 1.807) is 0 Å². The second-order valence-electron chi connectivity index (χ2n) is 6.92. The van der Waals surface area contributed by atoms with Crippen LogP contribution in [0.2, 0.25) is 0 Å². The third kappa shape index (κ3) is 1.53. The molecule has 2 heteroatoms. The highest BCUT2D eigenvalue weighted by atomic mass is 15.2. The molecule has 3 aromatic rings. The van der Waals surface area contributed by atoms with Crippen LogP contribution in [0.3, 0.4) is 0 Å². The Balaban J connectivity index is 1.73. The number of rotatable bonds is 0. The number of hydrogen-bond acceptors (Lipinski definition) is 1. The van der Waals surface area contributed by atoms with E-state index in [4.69, 9.17) is 0 Å². The largest absolute Gasteiger partial charge is 0.357 e. The molecule has 0 saturated heterocycles. The van der Waals surface area contributed by atoms with E-state index in [2.05, 4.69) is 65.3 Å². The van der Waals surface area contributed by atoms with Crippen molar-refractivity contribution in [2.24, 2.45) is 0 Å². The van der Waals surface area contributed by atoms with Crippen LogP contribution >= 0.6 is 0 Å². The average Bonchev–Trinajstić information content (AvgIpc) is 2.93. The maximum absolute atomic E-state index is 3.74. The van der Waals surface area contributed by atoms with E-state index in [-0.39, 0.29) is 5.54 Å². The summed E-state index contributed by atoms with van der Waals surface area (Å²) in [4.78, 5) is 6.40. The fraction of sp³-hybridized carbons (Fsp3) is 0.300. The predicted molar refractivity (Wildman–Crippen MR) is 89.9 cm³/mol. The number of aromatic nitrogens is 1. The lowest BCUT2D eigenvalue weighted by molar-refractivity contribution is 0.0656. The molecule has 0 saturated carbocycles. The number of benzene rings is 2. The van der Waals surface area contributed by atoms with Gasteiger partial charge in [-0.25, -0.2) is 0 Å². The van der Waals surface area contributed by atoms with Crippen LogP contribution in [-0.2, 0) is 24.9 Å². The molecule has 1 aromatic heterocycles. The quantitative estimate of drug-likeness (QED) is 0.662. The fourth-order valence-corrected chi connectivity index (χ4v) is 4.49. The zero-order chi connectivity index (χ0) is 14.7. The maximum atomic E-state index is 3.74. The van der Waals surface area contributed by atoms with Gasteiger partial charge < -0.3 is 4.98 Å². The number of H-pyrrole nitrogens is 1. The highest BCUT2D eigenvalue weighted by molar-refractivity contribution is 5.85. The first-order chi connectivity index (χ1) is 10.8. The molecule has 1 atom stereocenters. The SMILES string of the molecule is C[C@@]12Cc3ccccc3CN1CCc1c2[nH]c2ccccc12. The number of para-hydroxylation sites is 1. The van der Waals surface area contributed by atoms with E-state index in [0.29, 0.717) is 0 Å². The lowest BCUT2D eigenvalue weighted by atomic mass is 9.77. The van der Waals surface area contributed by atoms with Crippen LogP contribution in [0.4, 0.5) is 0 Å². The average molecular weight is 288 g/mol. The van der Waals surface area contributed by atoms with Gasteiger partial charge in [-0.1, -0.05) is 42.5 Å². The lowest BCUT2D eigenvalue weighted by Crippen LogP contribution is -2.52. The van der Waals surface area contributed by atoms with Gasteiger partial charge in [0.2, 0.25) is 0 Å². The molecular formula is C20H20N2. The molecule has 0 aliphatic carbocycles. The summed E-state index contributed by atoms with van der Waals surface area (Å²) in [6.45, 7) is 4.64. The van der Waals surface area contributed by atoms with Gasteiger partial charge in [0.15, 0.2) is 0 Å². The van der Waals surface area contributed by atoms with Crippen molar-refractivity contribution in [2.75, 3.05) is 6.54 Å². The summed E-state index contributed by atoms with van der Waals surface area (Å²) < 4.78 is 0. The number of fused-ring (bicyclic) bond motifs is 6. The first-order valence-corrected chi connectivity index (χ1v) is 8.17. The van der Waals surface area contributed by atoms with Gasteiger partial charge >= 0.3 is 0 Å².